The highest BCUT2D eigenvalue weighted by Gasteiger charge is 2.33. The molecule has 1 fully saturated rings. The maximum absolute atomic E-state index is 12.5. The molecule has 8 nitrogen and oxygen atoms in total. The van der Waals surface area contributed by atoms with Gasteiger partial charge in [-0.05, 0) is 26.7 Å². The van der Waals surface area contributed by atoms with E-state index in [0.29, 0.717) is 18.1 Å². The molecule has 0 spiro atoms. The molecule has 3 N–H and O–H groups in total. The number of hydrogen-bond acceptors (Lipinski definition) is 8. The van der Waals surface area contributed by atoms with Crippen LogP contribution in [0.2, 0.25) is 0 Å². The molecule has 4 heterocycles. The van der Waals surface area contributed by atoms with Crippen LogP contribution in [0, 0.1) is 13.8 Å². The van der Waals surface area contributed by atoms with Gasteiger partial charge in [0.15, 0.2) is 5.13 Å². The number of nitrogens with one attached hydrogen (secondary N) is 1. The monoisotopic (exact) mass is 434 g/mol. The zero-order valence-corrected chi connectivity index (χ0v) is 17.7. The number of primary amides is 1. The van der Waals surface area contributed by atoms with Gasteiger partial charge in [-0.25, -0.2) is 19.7 Å². The quantitative estimate of drug-likeness (QED) is 0.652. The summed E-state index contributed by atoms with van der Waals surface area (Å²) in [4.78, 5) is 40.0. The Morgan fingerprint density at radius 1 is 1.18 bits per heavy atom. The van der Waals surface area contributed by atoms with Crippen LogP contribution in [0.5, 0.6) is 0 Å². The summed E-state index contributed by atoms with van der Waals surface area (Å²) in [5, 5.41) is 9.10. The maximum atomic E-state index is 12.5. The number of aromatic nitrogens is 3. The van der Waals surface area contributed by atoms with E-state index in [4.69, 9.17) is 5.73 Å². The zero-order valence-electron chi connectivity index (χ0n) is 15.3. The maximum Gasteiger partial charge on any atom is 0.324 e. The van der Waals surface area contributed by atoms with E-state index in [-0.39, 0.29) is 6.03 Å². The van der Waals surface area contributed by atoms with E-state index in [2.05, 4.69) is 20.3 Å². The van der Waals surface area contributed by atoms with Crippen LogP contribution in [-0.2, 0) is 4.79 Å². The Kier molecular flexibility index (Phi) is 5.13. The van der Waals surface area contributed by atoms with Crippen molar-refractivity contribution in [3.05, 3.63) is 21.5 Å². The molecule has 11 heteroatoms. The Morgan fingerprint density at radius 2 is 1.96 bits per heavy atom. The highest BCUT2D eigenvalue weighted by molar-refractivity contribution is 7.20. The topological polar surface area (TPSA) is 114 Å². The number of nitrogens with two attached hydrogens (primary N) is 1. The second-order valence-corrected chi connectivity index (χ2v) is 9.33. The molecule has 1 aliphatic rings. The van der Waals surface area contributed by atoms with Gasteiger partial charge in [-0.2, -0.15) is 0 Å². The lowest BCUT2D eigenvalue weighted by Gasteiger charge is -2.21. The van der Waals surface area contributed by atoms with Crippen molar-refractivity contribution in [1.82, 2.24) is 19.9 Å². The third-order valence-electron chi connectivity index (χ3n) is 4.43. The number of thiazole rings is 3. The first-order valence-corrected chi connectivity index (χ1v) is 11.2. The highest BCUT2D eigenvalue weighted by Crippen LogP contribution is 2.36. The van der Waals surface area contributed by atoms with E-state index in [1.807, 2.05) is 24.6 Å². The number of aryl methyl sites for hydroxylation is 2. The van der Waals surface area contributed by atoms with Crippen LogP contribution >= 0.6 is 34.0 Å². The van der Waals surface area contributed by atoms with Gasteiger partial charge in [0.25, 0.3) is 0 Å². The van der Waals surface area contributed by atoms with Crippen molar-refractivity contribution < 1.29 is 9.59 Å². The summed E-state index contributed by atoms with van der Waals surface area (Å²) in [7, 11) is 0. The van der Waals surface area contributed by atoms with Crippen molar-refractivity contribution in [3.8, 4) is 21.3 Å². The largest absolute Gasteiger partial charge is 0.368 e. The fraction of sp³-hybridized carbons (Fsp3) is 0.353. The number of likely N-dealkylation sites (tertiary alicyclic amines) is 1. The van der Waals surface area contributed by atoms with Crippen LogP contribution in [0.25, 0.3) is 21.3 Å². The molecular formula is C17H18N6O2S3. The van der Waals surface area contributed by atoms with Crippen LogP contribution in [-0.4, -0.2) is 44.4 Å². The molecule has 1 aliphatic heterocycles. The first kappa shape index (κ1) is 19.0. The van der Waals surface area contributed by atoms with E-state index < -0.39 is 11.9 Å². The van der Waals surface area contributed by atoms with Crippen molar-refractivity contribution in [2.45, 2.75) is 32.7 Å². The van der Waals surface area contributed by atoms with Crippen LogP contribution in [0.15, 0.2) is 10.8 Å². The number of rotatable bonds is 4. The van der Waals surface area contributed by atoms with E-state index in [0.717, 1.165) is 38.4 Å². The lowest BCUT2D eigenvalue weighted by atomic mass is 10.2. The van der Waals surface area contributed by atoms with Gasteiger partial charge in [0, 0.05) is 17.3 Å². The number of carbonyl (C=O) groups is 2. The number of amides is 3. The van der Waals surface area contributed by atoms with Gasteiger partial charge in [0.2, 0.25) is 5.91 Å². The van der Waals surface area contributed by atoms with Gasteiger partial charge in [-0.15, -0.1) is 22.7 Å². The lowest BCUT2D eigenvalue weighted by molar-refractivity contribution is -0.121. The van der Waals surface area contributed by atoms with Gasteiger partial charge in [0.05, 0.1) is 21.3 Å². The fourth-order valence-electron chi connectivity index (χ4n) is 3.11. The molecule has 3 aromatic heterocycles. The normalized spacial score (nSPS) is 16.5. The smallest absolute Gasteiger partial charge is 0.324 e. The van der Waals surface area contributed by atoms with Crippen LogP contribution in [0.1, 0.15) is 23.5 Å². The molecule has 28 heavy (non-hydrogen) atoms. The molecule has 4 rings (SSSR count). The Balaban J connectivity index is 1.52. The standard InChI is InChI=1S/C17H18N6O2S3/c1-8-13(10-6-27-15(21-10)11-7-26-9(2)20-11)28-16(19-8)22-17(25)23-5-3-4-12(23)14(18)24/h6-7,12H,3-5H2,1-2H3,(H2,18,24)(H,19,22,25)/t12-/m0/s1. The van der Waals surface area contributed by atoms with E-state index >= 15 is 0 Å². The number of urea groups is 1. The predicted molar refractivity (Wildman–Crippen MR) is 112 cm³/mol. The Labute approximate surface area is 173 Å². The van der Waals surface area contributed by atoms with Crippen LogP contribution in [0.3, 0.4) is 0 Å². The van der Waals surface area contributed by atoms with Crippen molar-refractivity contribution >= 4 is 51.1 Å². The lowest BCUT2D eigenvalue weighted by Crippen LogP contribution is -2.45. The molecule has 3 aromatic rings. The molecule has 0 saturated carbocycles. The summed E-state index contributed by atoms with van der Waals surface area (Å²) in [5.41, 5.74) is 7.87. The summed E-state index contributed by atoms with van der Waals surface area (Å²) in [5.74, 6) is -0.476. The minimum Gasteiger partial charge on any atom is -0.368 e. The van der Waals surface area contributed by atoms with E-state index in [1.54, 1.807) is 11.3 Å². The zero-order chi connectivity index (χ0) is 19.8. The molecular weight excluding hydrogens is 416 g/mol. The number of carbonyl (C=O) groups excluding carboxylic acids is 2. The van der Waals surface area contributed by atoms with Gasteiger partial charge in [0.1, 0.15) is 16.7 Å². The molecule has 146 valence electrons. The molecule has 3 amide bonds. The minimum absolute atomic E-state index is 0.349. The van der Waals surface area contributed by atoms with E-state index in [9.17, 15) is 9.59 Å². The molecule has 1 saturated heterocycles. The molecule has 0 unspecified atom stereocenters. The van der Waals surface area contributed by atoms with Crippen molar-refractivity contribution in [2.75, 3.05) is 11.9 Å². The van der Waals surface area contributed by atoms with E-state index in [1.165, 1.54) is 27.6 Å². The summed E-state index contributed by atoms with van der Waals surface area (Å²) in [6.45, 7) is 4.36. The number of anilines is 1. The molecule has 0 aromatic carbocycles. The van der Waals surface area contributed by atoms with Crippen LogP contribution in [0.4, 0.5) is 9.93 Å². The summed E-state index contributed by atoms with van der Waals surface area (Å²) in [6, 6.07) is -0.901. The number of hydrogen-bond donors (Lipinski definition) is 2. The highest BCUT2D eigenvalue weighted by atomic mass is 32.1. The fourth-order valence-corrected chi connectivity index (χ4v) is 5.55. The average Bonchev–Trinajstić information content (AvgIpc) is 3.40. The van der Waals surface area contributed by atoms with Gasteiger partial charge < -0.3 is 10.6 Å². The van der Waals surface area contributed by atoms with Gasteiger partial charge in [-0.1, -0.05) is 11.3 Å². The van der Waals surface area contributed by atoms with Crippen molar-refractivity contribution in [1.29, 1.82) is 0 Å². The van der Waals surface area contributed by atoms with Gasteiger partial charge in [-0.3, -0.25) is 10.1 Å². The molecule has 1 atom stereocenters. The Bertz CT molecular complexity index is 1040. The molecule has 0 aliphatic carbocycles. The first-order chi connectivity index (χ1) is 13.4. The number of nitrogens with zero attached hydrogens (tertiary/aromatic N) is 4. The average molecular weight is 435 g/mol. The SMILES string of the molecule is Cc1nc(-c2nc(-c3sc(NC(=O)N4CCC[C@H]4C(N)=O)nc3C)cs2)cs1. The van der Waals surface area contributed by atoms with Crippen molar-refractivity contribution in [2.24, 2.45) is 5.73 Å². The molecule has 0 radical (unpaired) electrons. The summed E-state index contributed by atoms with van der Waals surface area (Å²) >= 11 is 4.49. The van der Waals surface area contributed by atoms with Gasteiger partial charge >= 0.3 is 6.03 Å². The van der Waals surface area contributed by atoms with Crippen LogP contribution < -0.4 is 11.1 Å². The Morgan fingerprint density at radius 3 is 2.68 bits per heavy atom. The third-order valence-corrected chi connectivity index (χ3v) is 7.16. The molecule has 0 bridgehead atoms. The Hall–Kier alpha value is -2.37. The summed E-state index contributed by atoms with van der Waals surface area (Å²) < 4.78 is 0. The van der Waals surface area contributed by atoms with Crippen molar-refractivity contribution in [3.63, 3.8) is 0 Å². The predicted octanol–water partition coefficient (Wildman–Crippen LogP) is 3.49. The third kappa shape index (κ3) is 3.64. The minimum atomic E-state index is -0.553. The second kappa shape index (κ2) is 7.57. The first-order valence-electron chi connectivity index (χ1n) is 8.65. The summed E-state index contributed by atoms with van der Waals surface area (Å²) in [6.07, 6.45) is 1.36. The second-order valence-electron chi connectivity index (χ2n) is 6.41.